The Morgan fingerprint density at radius 2 is 2.00 bits per heavy atom. The van der Waals surface area contributed by atoms with Gasteiger partial charge in [0, 0.05) is 24.9 Å². The van der Waals surface area contributed by atoms with E-state index in [1.54, 1.807) is 30.5 Å². The van der Waals surface area contributed by atoms with Crippen molar-refractivity contribution in [3.05, 3.63) is 68.4 Å². The van der Waals surface area contributed by atoms with Crippen LogP contribution in [0.1, 0.15) is 15.9 Å². The number of hydrogen-bond donors (Lipinski definition) is 1. The van der Waals surface area contributed by atoms with Gasteiger partial charge in [-0.1, -0.05) is 12.1 Å². The van der Waals surface area contributed by atoms with E-state index in [-0.39, 0.29) is 11.6 Å². The van der Waals surface area contributed by atoms with Crippen LogP contribution in [0.4, 0.5) is 5.69 Å². The topological polar surface area (TPSA) is 85.1 Å². The maximum Gasteiger partial charge on any atom is 0.269 e. The van der Waals surface area contributed by atoms with Crippen LogP contribution in [0.5, 0.6) is 0 Å². The Kier molecular flexibility index (Phi) is 4.99. The summed E-state index contributed by atoms with van der Waals surface area (Å²) in [6, 6.07) is 9.65. The summed E-state index contributed by atoms with van der Waals surface area (Å²) in [6.45, 7) is 0.442. The molecule has 0 aliphatic heterocycles. The fourth-order valence-corrected chi connectivity index (χ4v) is 2.19. The first kappa shape index (κ1) is 15.1. The summed E-state index contributed by atoms with van der Waals surface area (Å²) in [6.07, 6.45) is 2.19. The molecule has 0 aliphatic carbocycles. The Morgan fingerprint density at radius 3 is 2.62 bits per heavy atom. The summed E-state index contributed by atoms with van der Waals surface area (Å²) in [4.78, 5) is 26.0. The Labute approximate surface area is 129 Å². The molecule has 108 valence electrons. The Morgan fingerprint density at radius 1 is 1.29 bits per heavy atom. The van der Waals surface area contributed by atoms with Crippen LogP contribution in [-0.2, 0) is 6.42 Å². The quantitative estimate of drug-likeness (QED) is 0.510. The number of carbonyl (C=O) groups excluding carboxylic acids is 1. The molecule has 6 nitrogen and oxygen atoms in total. The number of nitro groups is 1. The van der Waals surface area contributed by atoms with Crippen LogP contribution in [0.15, 0.2) is 47.2 Å². The summed E-state index contributed by atoms with van der Waals surface area (Å²) < 4.78 is 0.498. The van der Waals surface area contributed by atoms with Gasteiger partial charge in [0.1, 0.15) is 4.60 Å². The van der Waals surface area contributed by atoms with Crippen LogP contribution < -0.4 is 5.32 Å². The standard InChI is InChI=1S/C14H12BrN3O3/c15-13-12(2-1-8-16-13)14(19)17-9-7-10-3-5-11(6-4-10)18(20)21/h1-6,8H,7,9H2,(H,17,19). The normalized spacial score (nSPS) is 10.1. The fraction of sp³-hybridized carbons (Fsp3) is 0.143. The maximum absolute atomic E-state index is 11.9. The van der Waals surface area contributed by atoms with Crippen LogP contribution in [-0.4, -0.2) is 22.4 Å². The number of hydrogen-bond acceptors (Lipinski definition) is 4. The minimum atomic E-state index is -0.439. The second-order valence-electron chi connectivity index (χ2n) is 4.27. The summed E-state index contributed by atoms with van der Waals surface area (Å²) in [5, 5.41) is 13.3. The molecule has 0 aliphatic rings. The second-order valence-corrected chi connectivity index (χ2v) is 5.02. The average Bonchev–Trinajstić information content (AvgIpc) is 2.48. The van der Waals surface area contributed by atoms with Crippen LogP contribution in [0, 0.1) is 10.1 Å². The van der Waals surface area contributed by atoms with Gasteiger partial charge in [-0.05, 0) is 40.0 Å². The number of nitrogens with zero attached hydrogens (tertiary/aromatic N) is 2. The molecule has 1 N–H and O–H groups in total. The first-order valence-corrected chi connectivity index (χ1v) is 6.99. The van der Waals surface area contributed by atoms with E-state index in [4.69, 9.17) is 0 Å². The molecule has 2 rings (SSSR count). The highest BCUT2D eigenvalue weighted by atomic mass is 79.9. The summed E-state index contributed by atoms with van der Waals surface area (Å²) in [5.74, 6) is -0.211. The monoisotopic (exact) mass is 349 g/mol. The van der Waals surface area contributed by atoms with Crippen LogP contribution in [0.25, 0.3) is 0 Å². The predicted molar refractivity (Wildman–Crippen MR) is 81.1 cm³/mol. The summed E-state index contributed by atoms with van der Waals surface area (Å²) in [7, 11) is 0. The number of rotatable bonds is 5. The van der Waals surface area contributed by atoms with Gasteiger partial charge in [0.2, 0.25) is 0 Å². The van der Waals surface area contributed by atoms with Crippen molar-refractivity contribution in [2.45, 2.75) is 6.42 Å². The third-order valence-electron chi connectivity index (χ3n) is 2.85. The molecule has 0 atom stereocenters. The van der Waals surface area contributed by atoms with Gasteiger partial charge in [0.05, 0.1) is 10.5 Å². The first-order valence-electron chi connectivity index (χ1n) is 6.20. The van der Waals surface area contributed by atoms with E-state index in [1.807, 2.05) is 0 Å². The van der Waals surface area contributed by atoms with Crippen molar-refractivity contribution in [1.82, 2.24) is 10.3 Å². The molecule has 0 radical (unpaired) electrons. The van der Waals surface area contributed by atoms with E-state index < -0.39 is 4.92 Å². The average molecular weight is 350 g/mol. The molecule has 0 unspecified atom stereocenters. The van der Waals surface area contributed by atoms with Gasteiger partial charge in [-0.15, -0.1) is 0 Å². The maximum atomic E-state index is 11.9. The first-order chi connectivity index (χ1) is 10.1. The molecule has 1 aromatic carbocycles. The van der Waals surface area contributed by atoms with E-state index in [0.717, 1.165) is 5.56 Å². The van der Waals surface area contributed by atoms with Gasteiger partial charge >= 0.3 is 0 Å². The lowest BCUT2D eigenvalue weighted by Gasteiger charge is -2.06. The molecule has 0 spiro atoms. The third kappa shape index (κ3) is 4.09. The van der Waals surface area contributed by atoms with Gasteiger partial charge < -0.3 is 5.32 Å². The zero-order valence-electron chi connectivity index (χ0n) is 11.0. The van der Waals surface area contributed by atoms with Crippen molar-refractivity contribution < 1.29 is 9.72 Å². The van der Waals surface area contributed by atoms with Crippen molar-refractivity contribution in [2.24, 2.45) is 0 Å². The number of carbonyl (C=O) groups is 1. The zero-order chi connectivity index (χ0) is 15.2. The van der Waals surface area contributed by atoms with Gasteiger partial charge in [-0.2, -0.15) is 0 Å². The molecule has 21 heavy (non-hydrogen) atoms. The molecule has 1 amide bonds. The Balaban J connectivity index is 1.88. The number of aromatic nitrogens is 1. The molecule has 0 fully saturated rings. The highest BCUT2D eigenvalue weighted by molar-refractivity contribution is 9.10. The molecular weight excluding hydrogens is 338 g/mol. The van der Waals surface area contributed by atoms with E-state index in [0.29, 0.717) is 23.1 Å². The van der Waals surface area contributed by atoms with Gasteiger partial charge in [0.25, 0.3) is 11.6 Å². The lowest BCUT2D eigenvalue weighted by Crippen LogP contribution is -2.26. The van der Waals surface area contributed by atoms with Gasteiger partial charge in [0.15, 0.2) is 0 Å². The molecule has 1 heterocycles. The smallest absolute Gasteiger partial charge is 0.269 e. The number of halogens is 1. The lowest BCUT2D eigenvalue weighted by molar-refractivity contribution is -0.384. The fourth-order valence-electron chi connectivity index (χ4n) is 1.76. The zero-order valence-corrected chi connectivity index (χ0v) is 12.5. The Bertz CT molecular complexity index is 659. The van der Waals surface area contributed by atoms with Crippen LogP contribution >= 0.6 is 15.9 Å². The van der Waals surface area contributed by atoms with Crippen molar-refractivity contribution >= 4 is 27.5 Å². The molecule has 7 heteroatoms. The van der Waals surface area contributed by atoms with Crippen molar-refractivity contribution in [2.75, 3.05) is 6.54 Å². The largest absolute Gasteiger partial charge is 0.352 e. The Hall–Kier alpha value is -2.28. The minimum Gasteiger partial charge on any atom is -0.352 e. The lowest BCUT2D eigenvalue weighted by atomic mass is 10.1. The van der Waals surface area contributed by atoms with E-state index in [1.165, 1.54) is 12.1 Å². The SMILES string of the molecule is O=C(NCCc1ccc([N+](=O)[O-])cc1)c1cccnc1Br. The van der Waals surface area contributed by atoms with Crippen molar-refractivity contribution in [3.8, 4) is 0 Å². The van der Waals surface area contributed by atoms with Crippen molar-refractivity contribution in [3.63, 3.8) is 0 Å². The van der Waals surface area contributed by atoms with Crippen molar-refractivity contribution in [1.29, 1.82) is 0 Å². The number of pyridine rings is 1. The summed E-state index contributed by atoms with van der Waals surface area (Å²) in [5.41, 5.74) is 1.45. The van der Waals surface area contributed by atoms with E-state index in [2.05, 4.69) is 26.2 Å². The van der Waals surface area contributed by atoms with E-state index >= 15 is 0 Å². The molecule has 0 saturated heterocycles. The number of non-ortho nitro benzene ring substituents is 1. The minimum absolute atomic E-state index is 0.0575. The summed E-state index contributed by atoms with van der Waals surface area (Å²) >= 11 is 3.22. The second kappa shape index (κ2) is 6.94. The third-order valence-corrected chi connectivity index (χ3v) is 3.48. The highest BCUT2D eigenvalue weighted by Gasteiger charge is 2.09. The van der Waals surface area contributed by atoms with Gasteiger partial charge in [-0.25, -0.2) is 4.98 Å². The van der Waals surface area contributed by atoms with Crippen LogP contribution in [0.2, 0.25) is 0 Å². The predicted octanol–water partition coefficient (Wildman–Crippen LogP) is 2.72. The molecule has 0 bridgehead atoms. The molecule has 0 saturated carbocycles. The van der Waals surface area contributed by atoms with Gasteiger partial charge in [-0.3, -0.25) is 14.9 Å². The number of nitrogens with one attached hydrogen (secondary N) is 1. The molecule has 2 aromatic rings. The number of benzene rings is 1. The highest BCUT2D eigenvalue weighted by Crippen LogP contribution is 2.13. The molecule has 1 aromatic heterocycles. The van der Waals surface area contributed by atoms with E-state index in [9.17, 15) is 14.9 Å². The number of nitro benzene ring substituents is 1. The molecular formula is C14H12BrN3O3. The number of amides is 1. The van der Waals surface area contributed by atoms with Crippen LogP contribution in [0.3, 0.4) is 0 Å².